The first-order chi connectivity index (χ1) is 12.5. The Labute approximate surface area is 158 Å². The average molecular weight is 380 g/mol. The topological polar surface area (TPSA) is 68.9 Å². The second-order valence-electron chi connectivity index (χ2n) is 5.58. The smallest absolute Gasteiger partial charge is 0.188 e. The van der Waals surface area contributed by atoms with Crippen molar-refractivity contribution >= 4 is 17.6 Å². The largest absolute Gasteiger partial charge is 0.493 e. The molecule has 2 aromatic rings. The van der Waals surface area contributed by atoms with Crippen molar-refractivity contribution in [2.45, 2.75) is 12.8 Å². The Bertz CT molecular complexity index is 748. The maximum atomic E-state index is 13.7. The lowest BCUT2D eigenvalue weighted by molar-refractivity contribution is 0.354. The molecular weight excluding hydrogens is 357 g/mol. The number of benzene rings is 2. The van der Waals surface area contributed by atoms with Gasteiger partial charge in [-0.2, -0.15) is 0 Å². The number of nitrogens with two attached hydrogens (primary N) is 1. The van der Waals surface area contributed by atoms with E-state index in [1.54, 1.807) is 26.4 Å². The summed E-state index contributed by atoms with van der Waals surface area (Å²) in [7, 11) is 3.21. The molecule has 0 aliphatic carbocycles. The van der Waals surface area contributed by atoms with Gasteiger partial charge in [0, 0.05) is 23.7 Å². The zero-order chi connectivity index (χ0) is 18.9. The summed E-state index contributed by atoms with van der Waals surface area (Å²) >= 11 is 5.99. The summed E-state index contributed by atoms with van der Waals surface area (Å²) in [6.45, 7) is 0.973. The molecule has 0 aliphatic rings. The normalized spacial score (nSPS) is 11.3. The van der Waals surface area contributed by atoms with E-state index < -0.39 is 0 Å². The number of nitrogens with one attached hydrogen (secondary N) is 1. The van der Waals surface area contributed by atoms with Crippen molar-refractivity contribution in [3.05, 3.63) is 58.4 Å². The summed E-state index contributed by atoms with van der Waals surface area (Å²) in [5, 5.41) is 3.44. The van der Waals surface area contributed by atoms with E-state index in [1.807, 2.05) is 18.2 Å². The van der Waals surface area contributed by atoms with Gasteiger partial charge < -0.3 is 20.5 Å². The molecule has 7 heteroatoms. The Balaban J connectivity index is 1.81. The third kappa shape index (κ3) is 5.52. The number of aliphatic imine (C=N–C) groups is 1. The van der Waals surface area contributed by atoms with Crippen LogP contribution in [-0.4, -0.2) is 33.3 Å². The van der Waals surface area contributed by atoms with Crippen molar-refractivity contribution in [3.63, 3.8) is 0 Å². The monoisotopic (exact) mass is 379 g/mol. The third-order valence-electron chi connectivity index (χ3n) is 3.87. The van der Waals surface area contributed by atoms with E-state index in [2.05, 4.69) is 10.3 Å². The molecule has 2 aromatic carbocycles. The minimum Gasteiger partial charge on any atom is -0.493 e. The first kappa shape index (κ1) is 19.8. The van der Waals surface area contributed by atoms with Crippen LogP contribution >= 0.6 is 11.6 Å². The van der Waals surface area contributed by atoms with Gasteiger partial charge in [0.1, 0.15) is 5.82 Å². The van der Waals surface area contributed by atoms with E-state index in [4.69, 9.17) is 26.8 Å². The lowest BCUT2D eigenvalue weighted by atomic mass is 10.1. The zero-order valence-corrected chi connectivity index (χ0v) is 15.6. The van der Waals surface area contributed by atoms with Crippen LogP contribution in [0.15, 0.2) is 41.4 Å². The first-order valence-electron chi connectivity index (χ1n) is 8.22. The summed E-state index contributed by atoms with van der Waals surface area (Å²) in [4.78, 5) is 4.21. The van der Waals surface area contributed by atoms with Crippen LogP contribution in [0.25, 0.3) is 0 Å². The number of rotatable bonds is 8. The van der Waals surface area contributed by atoms with Crippen molar-refractivity contribution in [2.75, 3.05) is 27.3 Å². The quantitative estimate of drug-likeness (QED) is 0.546. The average Bonchev–Trinajstić information content (AvgIpc) is 2.64. The van der Waals surface area contributed by atoms with E-state index >= 15 is 0 Å². The predicted molar refractivity (Wildman–Crippen MR) is 103 cm³/mol. The summed E-state index contributed by atoms with van der Waals surface area (Å²) in [6.07, 6.45) is 1.14. The van der Waals surface area contributed by atoms with Gasteiger partial charge in [0.05, 0.1) is 14.2 Å². The van der Waals surface area contributed by atoms with Gasteiger partial charge in [-0.1, -0.05) is 23.7 Å². The number of ether oxygens (including phenoxy) is 2. The molecule has 0 bridgehead atoms. The molecule has 0 spiro atoms. The minimum absolute atomic E-state index is 0.318. The third-order valence-corrected chi connectivity index (χ3v) is 4.23. The standard InChI is InChI=1S/C19H23ClFN3O2/c1-25-17-7-6-13(12-18(17)26-2)8-10-23-19(22)24-11-9-14-15(20)4-3-5-16(14)21/h3-7,12H,8-11H2,1-2H3,(H3,22,23,24). The molecule has 0 saturated heterocycles. The van der Waals surface area contributed by atoms with Crippen LogP contribution in [0.3, 0.4) is 0 Å². The van der Waals surface area contributed by atoms with E-state index in [0.29, 0.717) is 47.6 Å². The fraction of sp³-hybridized carbons (Fsp3) is 0.316. The van der Waals surface area contributed by atoms with Crippen molar-refractivity contribution in [1.82, 2.24) is 5.32 Å². The van der Waals surface area contributed by atoms with Crippen molar-refractivity contribution < 1.29 is 13.9 Å². The highest BCUT2D eigenvalue weighted by atomic mass is 35.5. The molecule has 26 heavy (non-hydrogen) atoms. The maximum Gasteiger partial charge on any atom is 0.188 e. The number of methoxy groups -OCH3 is 2. The van der Waals surface area contributed by atoms with Gasteiger partial charge in [-0.15, -0.1) is 0 Å². The lowest BCUT2D eigenvalue weighted by Crippen LogP contribution is -2.33. The zero-order valence-electron chi connectivity index (χ0n) is 14.9. The number of guanidine groups is 1. The van der Waals surface area contributed by atoms with Crippen molar-refractivity contribution in [1.29, 1.82) is 0 Å². The predicted octanol–water partition coefficient (Wildman–Crippen LogP) is 3.19. The van der Waals surface area contributed by atoms with Crippen molar-refractivity contribution in [2.24, 2.45) is 10.7 Å². The second-order valence-corrected chi connectivity index (χ2v) is 5.99. The summed E-state index contributed by atoms with van der Waals surface area (Å²) in [5.41, 5.74) is 7.39. The first-order valence-corrected chi connectivity index (χ1v) is 8.60. The molecule has 0 aliphatic heterocycles. The van der Waals surface area contributed by atoms with Gasteiger partial charge in [0.25, 0.3) is 0 Å². The molecule has 0 amide bonds. The minimum atomic E-state index is -0.326. The fourth-order valence-corrected chi connectivity index (χ4v) is 2.74. The fourth-order valence-electron chi connectivity index (χ4n) is 2.49. The van der Waals surface area contributed by atoms with E-state index in [9.17, 15) is 4.39 Å². The Morgan fingerprint density at radius 1 is 1.15 bits per heavy atom. The number of hydrogen-bond acceptors (Lipinski definition) is 3. The van der Waals surface area contributed by atoms with Gasteiger partial charge in [0.2, 0.25) is 0 Å². The molecule has 140 valence electrons. The highest BCUT2D eigenvalue weighted by Crippen LogP contribution is 2.27. The molecule has 0 radical (unpaired) electrons. The molecule has 0 unspecified atom stereocenters. The van der Waals surface area contributed by atoms with Crippen LogP contribution in [-0.2, 0) is 12.8 Å². The van der Waals surface area contributed by atoms with Crippen LogP contribution in [0.5, 0.6) is 11.5 Å². The van der Waals surface area contributed by atoms with E-state index in [0.717, 1.165) is 12.0 Å². The van der Waals surface area contributed by atoms with Crippen LogP contribution in [0.2, 0.25) is 5.02 Å². The summed E-state index contributed by atoms with van der Waals surface area (Å²) in [5.74, 6) is 1.37. The molecule has 5 nitrogen and oxygen atoms in total. The highest BCUT2D eigenvalue weighted by molar-refractivity contribution is 6.31. The summed E-state index contributed by atoms with van der Waals surface area (Å²) < 4.78 is 24.2. The number of nitrogens with zero attached hydrogens (tertiary/aromatic N) is 1. The lowest BCUT2D eigenvalue weighted by Gasteiger charge is -2.10. The maximum absolute atomic E-state index is 13.7. The van der Waals surface area contributed by atoms with Gasteiger partial charge in [-0.3, -0.25) is 4.99 Å². The second kappa shape index (κ2) is 9.87. The SMILES string of the molecule is COc1ccc(CCNC(N)=NCCc2c(F)cccc2Cl)cc1OC. The Morgan fingerprint density at radius 2 is 1.92 bits per heavy atom. The molecule has 0 saturated carbocycles. The number of hydrogen-bond donors (Lipinski definition) is 2. The van der Waals surface area contributed by atoms with E-state index in [1.165, 1.54) is 6.07 Å². The van der Waals surface area contributed by atoms with Crippen molar-refractivity contribution in [3.8, 4) is 11.5 Å². The van der Waals surface area contributed by atoms with E-state index in [-0.39, 0.29) is 5.82 Å². The van der Waals surface area contributed by atoms with Crippen LogP contribution in [0.4, 0.5) is 4.39 Å². The Hall–Kier alpha value is -2.47. The molecule has 2 rings (SSSR count). The number of halogens is 2. The Morgan fingerprint density at radius 3 is 2.62 bits per heavy atom. The molecule has 0 heterocycles. The van der Waals surface area contributed by atoms with Gasteiger partial charge in [-0.05, 0) is 42.7 Å². The van der Waals surface area contributed by atoms with Crippen LogP contribution in [0, 0.1) is 5.82 Å². The van der Waals surface area contributed by atoms with Gasteiger partial charge >= 0.3 is 0 Å². The molecule has 0 fully saturated rings. The van der Waals surface area contributed by atoms with Gasteiger partial charge in [-0.25, -0.2) is 4.39 Å². The Kier molecular flexibility index (Phi) is 7.53. The van der Waals surface area contributed by atoms with Gasteiger partial charge in [0.15, 0.2) is 17.5 Å². The molecule has 0 atom stereocenters. The molecule has 0 aromatic heterocycles. The highest BCUT2D eigenvalue weighted by Gasteiger charge is 2.06. The molecular formula is C19H23ClFN3O2. The van der Waals surface area contributed by atoms with Crippen LogP contribution < -0.4 is 20.5 Å². The van der Waals surface area contributed by atoms with Crippen LogP contribution in [0.1, 0.15) is 11.1 Å². The summed E-state index contributed by atoms with van der Waals surface area (Å²) in [6, 6.07) is 10.4. The molecule has 3 N–H and O–H groups in total.